The average Bonchev–Trinajstić information content (AvgIpc) is 2.96. The van der Waals surface area contributed by atoms with Gasteiger partial charge < -0.3 is 20.9 Å². The number of hydrazone groups is 1. The third-order valence-electron chi connectivity index (χ3n) is 7.52. The molecule has 2 aromatic carbocycles. The van der Waals surface area contributed by atoms with Crippen LogP contribution < -0.4 is 20.9 Å². The lowest BCUT2D eigenvalue weighted by molar-refractivity contribution is 0.103. The molecule has 1 aromatic heterocycles. The second-order valence-corrected chi connectivity index (χ2v) is 9.97. The summed E-state index contributed by atoms with van der Waals surface area (Å²) < 4.78 is 11.2. The number of ether oxygens (including phenoxy) is 2. The van der Waals surface area contributed by atoms with Gasteiger partial charge in [-0.15, -0.1) is 0 Å². The van der Waals surface area contributed by atoms with Crippen molar-refractivity contribution in [2.45, 2.75) is 44.6 Å². The maximum absolute atomic E-state index is 13.6. The van der Waals surface area contributed by atoms with Gasteiger partial charge in [-0.3, -0.25) is 9.80 Å². The van der Waals surface area contributed by atoms with Crippen LogP contribution in [0.25, 0.3) is 0 Å². The van der Waals surface area contributed by atoms with Crippen molar-refractivity contribution in [2.24, 2.45) is 11.0 Å². The van der Waals surface area contributed by atoms with Crippen LogP contribution in [0.5, 0.6) is 11.5 Å². The Morgan fingerprint density at radius 3 is 2.64 bits per heavy atom. The Kier molecular flexibility index (Phi) is 7.76. The summed E-state index contributed by atoms with van der Waals surface area (Å²) >= 11 is 0. The van der Waals surface area contributed by atoms with Crippen LogP contribution in [0.15, 0.2) is 60.0 Å². The van der Waals surface area contributed by atoms with E-state index in [4.69, 9.17) is 26.0 Å². The fourth-order valence-corrected chi connectivity index (χ4v) is 5.62. The number of benzene rings is 2. The van der Waals surface area contributed by atoms with Crippen LogP contribution in [0.2, 0.25) is 0 Å². The van der Waals surface area contributed by atoms with Gasteiger partial charge in [0, 0.05) is 30.5 Å². The van der Waals surface area contributed by atoms with Gasteiger partial charge in [-0.25, -0.2) is 4.98 Å². The van der Waals surface area contributed by atoms with Gasteiger partial charge in [0.2, 0.25) is 5.95 Å². The van der Waals surface area contributed by atoms with Gasteiger partial charge in [0.25, 0.3) is 0 Å². The van der Waals surface area contributed by atoms with E-state index >= 15 is 0 Å². The molecule has 9 nitrogen and oxygen atoms in total. The molecule has 2 heterocycles. The predicted molar refractivity (Wildman–Crippen MR) is 152 cm³/mol. The summed E-state index contributed by atoms with van der Waals surface area (Å²) in [7, 11) is 3.07. The van der Waals surface area contributed by atoms with Crippen molar-refractivity contribution >= 4 is 23.8 Å². The van der Waals surface area contributed by atoms with Crippen LogP contribution in [0.3, 0.4) is 0 Å². The summed E-state index contributed by atoms with van der Waals surface area (Å²) in [5.41, 5.74) is 16.0. The van der Waals surface area contributed by atoms with Gasteiger partial charge in [-0.1, -0.05) is 43.5 Å². The molecule has 39 heavy (non-hydrogen) atoms. The SMILES string of the molecule is COc1cc(Cc2cnc(N)nc2N)cc(C(=O)/C=C/N2N=Cc3ccccc3C2C2CCCCC2)c1OC. The minimum absolute atomic E-state index is 0.0896. The number of nitrogens with zero attached hydrogens (tertiary/aromatic N) is 4. The van der Waals surface area contributed by atoms with Crippen LogP contribution >= 0.6 is 0 Å². The van der Waals surface area contributed by atoms with Crippen molar-refractivity contribution in [3.8, 4) is 11.5 Å². The Morgan fingerprint density at radius 1 is 1.10 bits per heavy atom. The quantitative estimate of drug-likeness (QED) is 0.313. The van der Waals surface area contributed by atoms with E-state index in [-0.39, 0.29) is 17.8 Å². The van der Waals surface area contributed by atoms with Gasteiger partial charge in [-0.2, -0.15) is 10.1 Å². The fraction of sp³-hybridized carbons (Fsp3) is 0.333. The van der Waals surface area contributed by atoms with E-state index in [1.807, 2.05) is 23.4 Å². The number of carbonyl (C=O) groups excluding carboxylic acids is 1. The first-order valence-electron chi connectivity index (χ1n) is 13.2. The zero-order valence-corrected chi connectivity index (χ0v) is 22.3. The molecule has 202 valence electrons. The Morgan fingerprint density at radius 2 is 1.90 bits per heavy atom. The molecule has 1 saturated carbocycles. The molecule has 1 aliphatic carbocycles. The maximum atomic E-state index is 13.6. The zero-order valence-electron chi connectivity index (χ0n) is 22.3. The molecule has 4 N–H and O–H groups in total. The number of nitrogens with two attached hydrogens (primary N) is 2. The van der Waals surface area contributed by atoms with Crippen LogP contribution in [0, 0.1) is 5.92 Å². The molecule has 0 radical (unpaired) electrons. The van der Waals surface area contributed by atoms with Crippen molar-refractivity contribution in [3.05, 3.63) is 82.7 Å². The Hall–Kier alpha value is -4.40. The highest BCUT2D eigenvalue weighted by molar-refractivity contribution is 6.07. The van der Waals surface area contributed by atoms with Crippen LogP contribution in [0.1, 0.15) is 70.8 Å². The van der Waals surface area contributed by atoms with Crippen molar-refractivity contribution in [3.63, 3.8) is 0 Å². The van der Waals surface area contributed by atoms with E-state index in [1.165, 1.54) is 31.9 Å². The standard InChI is InChI=1S/C30H34N6O3/c1-38-26-16-19(14-22-17-33-30(32)35-29(22)31)15-24(28(26)39-2)25(37)12-13-36-27(20-8-4-3-5-9-20)23-11-7-6-10-21(23)18-34-36/h6-7,10-13,15-18,20,27H,3-5,8-9,14H2,1-2H3,(H4,31,32,33,35)/b13-12+. The third kappa shape index (κ3) is 5.57. The summed E-state index contributed by atoms with van der Waals surface area (Å²) in [5.74, 6) is 1.48. The normalized spacial score (nSPS) is 17.3. The molecule has 0 saturated heterocycles. The molecule has 3 aromatic rings. The van der Waals surface area contributed by atoms with Crippen molar-refractivity contribution < 1.29 is 14.3 Å². The Balaban J connectivity index is 1.46. The van der Waals surface area contributed by atoms with Gasteiger partial charge >= 0.3 is 0 Å². The van der Waals surface area contributed by atoms with E-state index in [0.29, 0.717) is 40.8 Å². The summed E-state index contributed by atoms with van der Waals surface area (Å²) in [6.07, 6.45) is 13.2. The second-order valence-electron chi connectivity index (χ2n) is 9.97. The number of ketones is 1. The van der Waals surface area contributed by atoms with Crippen molar-refractivity contribution in [1.82, 2.24) is 15.0 Å². The van der Waals surface area contributed by atoms with Crippen molar-refractivity contribution in [1.29, 1.82) is 0 Å². The van der Waals surface area contributed by atoms with Crippen LogP contribution in [-0.4, -0.2) is 41.2 Å². The maximum Gasteiger partial charge on any atom is 0.221 e. The smallest absolute Gasteiger partial charge is 0.221 e. The summed E-state index contributed by atoms with van der Waals surface area (Å²) in [6.45, 7) is 0. The molecule has 1 atom stereocenters. The number of anilines is 2. The van der Waals surface area contributed by atoms with E-state index in [0.717, 1.165) is 24.0 Å². The number of allylic oxidation sites excluding steroid dienone is 1. The molecule has 1 unspecified atom stereocenters. The first-order chi connectivity index (χ1) is 19.0. The Labute approximate surface area is 228 Å². The van der Waals surface area contributed by atoms with E-state index in [1.54, 1.807) is 31.6 Å². The largest absolute Gasteiger partial charge is 0.493 e. The molecular weight excluding hydrogens is 492 g/mol. The van der Waals surface area contributed by atoms with Gasteiger partial charge in [0.05, 0.1) is 32.0 Å². The van der Waals surface area contributed by atoms with E-state index < -0.39 is 0 Å². The monoisotopic (exact) mass is 526 g/mol. The van der Waals surface area contributed by atoms with Gasteiger partial charge in [0.1, 0.15) is 5.82 Å². The number of nitrogen functional groups attached to an aromatic ring is 2. The molecule has 0 bridgehead atoms. The highest BCUT2D eigenvalue weighted by atomic mass is 16.5. The molecule has 9 heteroatoms. The lowest BCUT2D eigenvalue weighted by atomic mass is 9.79. The number of aromatic nitrogens is 2. The minimum atomic E-state index is -0.218. The first kappa shape index (κ1) is 26.2. The lowest BCUT2D eigenvalue weighted by Gasteiger charge is -2.38. The van der Waals surface area contributed by atoms with Crippen LogP contribution in [-0.2, 0) is 6.42 Å². The molecule has 1 fully saturated rings. The predicted octanol–water partition coefficient (Wildman–Crippen LogP) is 4.92. The van der Waals surface area contributed by atoms with Gasteiger partial charge in [0.15, 0.2) is 17.3 Å². The number of carbonyl (C=O) groups is 1. The number of hydrogen-bond acceptors (Lipinski definition) is 9. The summed E-state index contributed by atoms with van der Waals surface area (Å²) in [5, 5.41) is 6.68. The first-order valence-corrected chi connectivity index (χ1v) is 13.2. The summed E-state index contributed by atoms with van der Waals surface area (Å²) in [6, 6.07) is 12.1. The van der Waals surface area contributed by atoms with Gasteiger partial charge in [-0.05, 0) is 47.6 Å². The number of rotatable bonds is 8. The molecule has 0 spiro atoms. The highest BCUT2D eigenvalue weighted by Gasteiger charge is 2.32. The number of methoxy groups -OCH3 is 2. The molecule has 0 amide bonds. The lowest BCUT2D eigenvalue weighted by Crippen LogP contribution is -2.31. The molecule has 5 rings (SSSR count). The fourth-order valence-electron chi connectivity index (χ4n) is 5.62. The van der Waals surface area contributed by atoms with E-state index in [2.05, 4.69) is 28.2 Å². The summed E-state index contributed by atoms with van der Waals surface area (Å²) in [4.78, 5) is 21.7. The molecule has 2 aliphatic rings. The number of fused-ring (bicyclic) bond motifs is 1. The molecule has 1 aliphatic heterocycles. The van der Waals surface area contributed by atoms with Crippen molar-refractivity contribution in [2.75, 3.05) is 25.7 Å². The minimum Gasteiger partial charge on any atom is -0.493 e. The van der Waals surface area contributed by atoms with E-state index in [9.17, 15) is 4.79 Å². The highest BCUT2D eigenvalue weighted by Crippen LogP contribution is 2.41. The topological polar surface area (TPSA) is 129 Å². The second kappa shape index (κ2) is 11.6. The third-order valence-corrected chi connectivity index (χ3v) is 7.52. The Bertz CT molecular complexity index is 1410. The molecular formula is C30H34N6O3. The zero-order chi connectivity index (χ0) is 27.4. The average molecular weight is 527 g/mol. The van der Waals surface area contributed by atoms with Crippen LogP contribution in [0.4, 0.5) is 11.8 Å². The number of hydrogen-bond donors (Lipinski definition) is 2.